The van der Waals surface area contributed by atoms with Crippen LogP contribution < -0.4 is 0 Å². The molecule has 0 aliphatic rings. The van der Waals surface area contributed by atoms with Gasteiger partial charge < -0.3 is 4.40 Å². The average molecular weight is 256 g/mol. The van der Waals surface area contributed by atoms with E-state index in [1.54, 1.807) is 0 Å². The van der Waals surface area contributed by atoms with Crippen molar-refractivity contribution < 1.29 is 4.79 Å². The fourth-order valence-electron chi connectivity index (χ4n) is 2.13. The van der Waals surface area contributed by atoms with Crippen molar-refractivity contribution in [1.29, 1.82) is 0 Å². The molecular formula is C15H10ClNO. The van der Waals surface area contributed by atoms with Crippen LogP contribution in [-0.4, -0.2) is 10.7 Å². The SMILES string of the molecule is O=Cc1c(-c2ccc(Cl)cc2)cc2ccccn12. The Labute approximate surface area is 109 Å². The monoisotopic (exact) mass is 255 g/mol. The van der Waals surface area contributed by atoms with Crippen LogP contribution in [0.4, 0.5) is 0 Å². The van der Waals surface area contributed by atoms with Crippen LogP contribution in [0.5, 0.6) is 0 Å². The zero-order chi connectivity index (χ0) is 12.5. The summed E-state index contributed by atoms with van der Waals surface area (Å²) in [5.41, 5.74) is 3.58. The lowest BCUT2D eigenvalue weighted by Crippen LogP contribution is -1.91. The molecule has 0 fully saturated rings. The zero-order valence-electron chi connectivity index (χ0n) is 9.51. The maximum absolute atomic E-state index is 11.3. The van der Waals surface area contributed by atoms with Crippen molar-refractivity contribution in [3.63, 3.8) is 0 Å². The fraction of sp³-hybridized carbons (Fsp3) is 0. The quantitative estimate of drug-likeness (QED) is 0.633. The Morgan fingerprint density at radius 1 is 1.06 bits per heavy atom. The maximum Gasteiger partial charge on any atom is 0.167 e. The number of rotatable bonds is 2. The third-order valence-corrected chi connectivity index (χ3v) is 3.24. The highest BCUT2D eigenvalue weighted by Gasteiger charge is 2.10. The van der Waals surface area contributed by atoms with Gasteiger partial charge in [-0.3, -0.25) is 4.79 Å². The Balaban J connectivity index is 2.28. The van der Waals surface area contributed by atoms with Gasteiger partial charge in [-0.15, -0.1) is 0 Å². The molecule has 0 spiro atoms. The van der Waals surface area contributed by atoms with Crippen LogP contribution in [0.3, 0.4) is 0 Å². The highest BCUT2D eigenvalue weighted by molar-refractivity contribution is 6.30. The van der Waals surface area contributed by atoms with Gasteiger partial charge in [0.25, 0.3) is 0 Å². The van der Waals surface area contributed by atoms with E-state index in [0.717, 1.165) is 22.9 Å². The summed E-state index contributed by atoms with van der Waals surface area (Å²) < 4.78 is 1.89. The molecule has 0 atom stereocenters. The zero-order valence-corrected chi connectivity index (χ0v) is 10.3. The Morgan fingerprint density at radius 3 is 2.56 bits per heavy atom. The normalized spacial score (nSPS) is 10.7. The average Bonchev–Trinajstić information content (AvgIpc) is 2.78. The Bertz CT molecular complexity index is 713. The molecule has 1 aromatic carbocycles. The van der Waals surface area contributed by atoms with E-state index in [9.17, 15) is 4.79 Å². The van der Waals surface area contributed by atoms with E-state index in [-0.39, 0.29) is 0 Å². The van der Waals surface area contributed by atoms with Gasteiger partial charge in [0.15, 0.2) is 6.29 Å². The van der Waals surface area contributed by atoms with Crippen LogP contribution in [0.15, 0.2) is 54.7 Å². The van der Waals surface area contributed by atoms with Gasteiger partial charge in [0.2, 0.25) is 0 Å². The molecule has 0 unspecified atom stereocenters. The lowest BCUT2D eigenvalue weighted by molar-refractivity contribution is 0.111. The van der Waals surface area contributed by atoms with Gasteiger partial charge in [0.1, 0.15) is 0 Å². The standard InChI is InChI=1S/C15H10ClNO/c16-12-6-4-11(5-7-12)14-9-13-3-1-2-8-17(13)15(14)10-18/h1-10H. The molecule has 3 rings (SSSR count). The summed E-state index contributed by atoms with van der Waals surface area (Å²) in [6.45, 7) is 0. The molecule has 0 bridgehead atoms. The van der Waals surface area contributed by atoms with Gasteiger partial charge >= 0.3 is 0 Å². The largest absolute Gasteiger partial charge is 0.314 e. The fourth-order valence-corrected chi connectivity index (χ4v) is 2.25. The molecule has 0 saturated carbocycles. The molecule has 18 heavy (non-hydrogen) atoms. The second-order valence-electron chi connectivity index (χ2n) is 4.06. The molecule has 2 nitrogen and oxygen atoms in total. The summed E-state index contributed by atoms with van der Waals surface area (Å²) in [6, 6.07) is 15.3. The number of nitrogens with zero attached hydrogens (tertiary/aromatic N) is 1. The highest BCUT2D eigenvalue weighted by Crippen LogP contribution is 2.27. The highest BCUT2D eigenvalue weighted by atomic mass is 35.5. The molecule has 0 aliphatic heterocycles. The van der Waals surface area contributed by atoms with E-state index in [2.05, 4.69) is 0 Å². The van der Waals surface area contributed by atoms with Crippen molar-refractivity contribution in [2.75, 3.05) is 0 Å². The minimum absolute atomic E-state index is 0.660. The molecule has 88 valence electrons. The van der Waals surface area contributed by atoms with Gasteiger partial charge in [-0.2, -0.15) is 0 Å². The first-order chi connectivity index (χ1) is 8.79. The number of carbonyl (C=O) groups excluding carboxylic acids is 1. The number of hydrogen-bond donors (Lipinski definition) is 0. The molecule has 2 heterocycles. The summed E-state index contributed by atoms with van der Waals surface area (Å²) in [5, 5.41) is 0.690. The second kappa shape index (κ2) is 4.31. The number of carbonyl (C=O) groups is 1. The Morgan fingerprint density at radius 2 is 1.83 bits per heavy atom. The molecular weight excluding hydrogens is 246 g/mol. The molecule has 2 aromatic heterocycles. The van der Waals surface area contributed by atoms with Crippen LogP contribution in [0.1, 0.15) is 10.5 Å². The number of benzene rings is 1. The molecule has 0 saturated heterocycles. The van der Waals surface area contributed by atoms with Gasteiger partial charge in [-0.25, -0.2) is 0 Å². The summed E-state index contributed by atoms with van der Waals surface area (Å²) >= 11 is 5.88. The third kappa shape index (κ3) is 1.71. The Hall–Kier alpha value is -2.06. The summed E-state index contributed by atoms with van der Waals surface area (Å²) in [6.07, 6.45) is 2.77. The molecule has 0 N–H and O–H groups in total. The number of pyridine rings is 1. The van der Waals surface area contributed by atoms with E-state index in [1.807, 2.05) is 59.1 Å². The van der Waals surface area contributed by atoms with E-state index < -0.39 is 0 Å². The first-order valence-corrected chi connectivity index (χ1v) is 5.98. The van der Waals surface area contributed by atoms with Crippen LogP contribution in [0.2, 0.25) is 5.02 Å². The van der Waals surface area contributed by atoms with Crippen molar-refractivity contribution in [2.45, 2.75) is 0 Å². The number of hydrogen-bond acceptors (Lipinski definition) is 1. The molecule has 0 amide bonds. The number of halogens is 1. The number of aromatic nitrogens is 1. The van der Waals surface area contributed by atoms with Crippen molar-refractivity contribution in [3.05, 3.63) is 65.4 Å². The molecule has 0 aliphatic carbocycles. The number of aldehydes is 1. The first-order valence-electron chi connectivity index (χ1n) is 5.61. The van der Waals surface area contributed by atoms with Crippen LogP contribution in [-0.2, 0) is 0 Å². The minimum Gasteiger partial charge on any atom is -0.314 e. The predicted octanol–water partition coefficient (Wildman–Crippen LogP) is 4.07. The van der Waals surface area contributed by atoms with Crippen LogP contribution >= 0.6 is 11.6 Å². The maximum atomic E-state index is 11.3. The topological polar surface area (TPSA) is 21.5 Å². The second-order valence-corrected chi connectivity index (χ2v) is 4.50. The van der Waals surface area contributed by atoms with Crippen LogP contribution in [0, 0.1) is 0 Å². The first kappa shape index (κ1) is 11.1. The van der Waals surface area contributed by atoms with E-state index in [1.165, 1.54) is 0 Å². The van der Waals surface area contributed by atoms with Crippen molar-refractivity contribution in [1.82, 2.24) is 4.40 Å². The molecule has 0 radical (unpaired) electrons. The van der Waals surface area contributed by atoms with Crippen molar-refractivity contribution >= 4 is 23.4 Å². The summed E-state index contributed by atoms with van der Waals surface area (Å²) in [7, 11) is 0. The van der Waals surface area contributed by atoms with Crippen molar-refractivity contribution in [3.8, 4) is 11.1 Å². The lowest BCUT2D eigenvalue weighted by atomic mass is 10.1. The van der Waals surface area contributed by atoms with E-state index >= 15 is 0 Å². The summed E-state index contributed by atoms with van der Waals surface area (Å²) in [5.74, 6) is 0. The van der Waals surface area contributed by atoms with E-state index in [4.69, 9.17) is 11.6 Å². The minimum atomic E-state index is 0.660. The van der Waals surface area contributed by atoms with Gasteiger partial charge in [0, 0.05) is 22.3 Å². The third-order valence-electron chi connectivity index (χ3n) is 2.99. The lowest BCUT2D eigenvalue weighted by Gasteiger charge is -2.00. The van der Waals surface area contributed by atoms with Gasteiger partial charge in [0.05, 0.1) is 5.69 Å². The van der Waals surface area contributed by atoms with Crippen molar-refractivity contribution in [2.24, 2.45) is 0 Å². The molecule has 3 aromatic rings. The predicted molar refractivity (Wildman–Crippen MR) is 73.2 cm³/mol. The van der Waals surface area contributed by atoms with E-state index in [0.29, 0.717) is 10.7 Å². The number of fused-ring (bicyclic) bond motifs is 1. The van der Waals surface area contributed by atoms with Gasteiger partial charge in [-0.05, 0) is 35.9 Å². The van der Waals surface area contributed by atoms with Gasteiger partial charge in [-0.1, -0.05) is 29.8 Å². The molecule has 3 heteroatoms. The smallest absolute Gasteiger partial charge is 0.167 e. The summed E-state index contributed by atoms with van der Waals surface area (Å²) in [4.78, 5) is 11.3. The Kier molecular flexibility index (Phi) is 2.65. The van der Waals surface area contributed by atoms with Crippen LogP contribution in [0.25, 0.3) is 16.6 Å².